The van der Waals surface area contributed by atoms with Crippen LogP contribution >= 0.6 is 0 Å². The third-order valence-electron chi connectivity index (χ3n) is 3.13. The molecule has 0 aromatic carbocycles. The molecular formula is C11H19N3O. The third-order valence-corrected chi connectivity index (χ3v) is 3.13. The van der Waals surface area contributed by atoms with E-state index in [9.17, 15) is 0 Å². The number of aromatic nitrogens is 2. The number of aryl methyl sites for hydroxylation is 1. The van der Waals surface area contributed by atoms with E-state index < -0.39 is 0 Å². The summed E-state index contributed by atoms with van der Waals surface area (Å²) in [4.78, 5) is 0. The summed E-state index contributed by atoms with van der Waals surface area (Å²) in [7, 11) is 0. The van der Waals surface area contributed by atoms with Crippen LogP contribution in [0.1, 0.15) is 44.4 Å². The van der Waals surface area contributed by atoms with Gasteiger partial charge in [-0.2, -0.15) is 0 Å². The molecule has 1 aliphatic carbocycles. The molecule has 1 saturated carbocycles. The van der Waals surface area contributed by atoms with Crippen LogP contribution in [0.15, 0.2) is 4.42 Å². The van der Waals surface area contributed by atoms with Crippen molar-refractivity contribution >= 4 is 0 Å². The van der Waals surface area contributed by atoms with Gasteiger partial charge in [0.15, 0.2) is 0 Å². The van der Waals surface area contributed by atoms with Crippen LogP contribution in [0.4, 0.5) is 0 Å². The van der Waals surface area contributed by atoms with E-state index in [0.29, 0.717) is 24.4 Å². The Hall–Kier alpha value is -0.900. The van der Waals surface area contributed by atoms with Crippen LogP contribution in [0.2, 0.25) is 0 Å². The smallest absolute Gasteiger partial charge is 0.230 e. The summed E-state index contributed by atoms with van der Waals surface area (Å²) in [6, 6.07) is 0.633. The summed E-state index contributed by atoms with van der Waals surface area (Å²) in [6.45, 7) is 4.86. The summed E-state index contributed by atoms with van der Waals surface area (Å²) >= 11 is 0. The van der Waals surface area contributed by atoms with E-state index in [1.165, 1.54) is 25.7 Å². The van der Waals surface area contributed by atoms with Crippen molar-refractivity contribution in [3.63, 3.8) is 0 Å². The highest BCUT2D eigenvalue weighted by molar-refractivity contribution is 4.81. The lowest BCUT2D eigenvalue weighted by molar-refractivity contribution is 0.297. The molecule has 84 valence electrons. The molecule has 1 aromatic heterocycles. The lowest BCUT2D eigenvalue weighted by Gasteiger charge is -2.26. The zero-order valence-electron chi connectivity index (χ0n) is 9.49. The van der Waals surface area contributed by atoms with E-state index in [2.05, 4.69) is 22.4 Å². The van der Waals surface area contributed by atoms with Gasteiger partial charge >= 0.3 is 0 Å². The average molecular weight is 209 g/mol. The van der Waals surface area contributed by atoms with Gasteiger partial charge in [0.2, 0.25) is 11.8 Å². The van der Waals surface area contributed by atoms with E-state index >= 15 is 0 Å². The standard InChI is InChI=1S/C11H19N3O/c1-8-3-5-10(6-4-8)12-7-11-14-13-9(2)15-11/h8,10,12H,3-7H2,1-2H3. The second-order valence-corrected chi connectivity index (χ2v) is 4.55. The Kier molecular flexibility index (Phi) is 3.36. The van der Waals surface area contributed by atoms with Crippen LogP contribution in [-0.2, 0) is 6.54 Å². The minimum absolute atomic E-state index is 0.633. The predicted molar refractivity (Wildman–Crippen MR) is 57.3 cm³/mol. The molecule has 1 N–H and O–H groups in total. The van der Waals surface area contributed by atoms with Crippen molar-refractivity contribution in [3.05, 3.63) is 11.8 Å². The van der Waals surface area contributed by atoms with E-state index in [-0.39, 0.29) is 0 Å². The van der Waals surface area contributed by atoms with Crippen LogP contribution in [0, 0.1) is 12.8 Å². The van der Waals surface area contributed by atoms with Gasteiger partial charge in [0.25, 0.3) is 0 Å². The number of nitrogens with one attached hydrogen (secondary N) is 1. The topological polar surface area (TPSA) is 51.0 Å². The molecule has 0 radical (unpaired) electrons. The minimum atomic E-state index is 0.633. The maximum absolute atomic E-state index is 5.31. The lowest BCUT2D eigenvalue weighted by atomic mass is 9.87. The monoisotopic (exact) mass is 209 g/mol. The Bertz CT molecular complexity index is 303. The molecule has 0 saturated heterocycles. The van der Waals surface area contributed by atoms with Crippen molar-refractivity contribution in [2.45, 2.75) is 52.1 Å². The van der Waals surface area contributed by atoms with E-state index in [1.807, 2.05) is 6.92 Å². The van der Waals surface area contributed by atoms with Crippen molar-refractivity contribution < 1.29 is 4.42 Å². The molecule has 0 bridgehead atoms. The number of hydrogen-bond acceptors (Lipinski definition) is 4. The van der Waals surface area contributed by atoms with Crippen molar-refractivity contribution in [2.24, 2.45) is 5.92 Å². The van der Waals surface area contributed by atoms with E-state index in [0.717, 1.165) is 5.92 Å². The molecule has 4 nitrogen and oxygen atoms in total. The molecule has 0 amide bonds. The summed E-state index contributed by atoms with van der Waals surface area (Å²) in [5, 5.41) is 11.2. The Balaban J connectivity index is 1.74. The Morgan fingerprint density at radius 1 is 1.27 bits per heavy atom. The fourth-order valence-electron chi connectivity index (χ4n) is 2.10. The van der Waals surface area contributed by atoms with Crippen molar-refractivity contribution in [1.82, 2.24) is 15.5 Å². The fraction of sp³-hybridized carbons (Fsp3) is 0.818. The highest BCUT2D eigenvalue weighted by Gasteiger charge is 2.18. The molecule has 15 heavy (non-hydrogen) atoms. The van der Waals surface area contributed by atoms with Gasteiger partial charge in [-0.3, -0.25) is 0 Å². The molecule has 0 aliphatic heterocycles. The second-order valence-electron chi connectivity index (χ2n) is 4.55. The largest absolute Gasteiger partial charge is 0.424 e. The minimum Gasteiger partial charge on any atom is -0.424 e. The van der Waals surface area contributed by atoms with Gasteiger partial charge < -0.3 is 9.73 Å². The average Bonchev–Trinajstić information content (AvgIpc) is 2.64. The first-order chi connectivity index (χ1) is 7.24. The quantitative estimate of drug-likeness (QED) is 0.827. The van der Waals surface area contributed by atoms with Crippen LogP contribution in [0.5, 0.6) is 0 Å². The number of nitrogens with zero attached hydrogens (tertiary/aromatic N) is 2. The van der Waals surface area contributed by atoms with Crippen molar-refractivity contribution in [2.75, 3.05) is 0 Å². The fourth-order valence-corrected chi connectivity index (χ4v) is 2.10. The molecule has 1 heterocycles. The summed E-state index contributed by atoms with van der Waals surface area (Å²) < 4.78 is 5.31. The Morgan fingerprint density at radius 2 is 2.00 bits per heavy atom. The van der Waals surface area contributed by atoms with Gasteiger partial charge in [-0.05, 0) is 31.6 Å². The van der Waals surface area contributed by atoms with Crippen molar-refractivity contribution in [1.29, 1.82) is 0 Å². The first-order valence-corrected chi connectivity index (χ1v) is 5.76. The molecule has 0 spiro atoms. The molecule has 1 fully saturated rings. The van der Waals surface area contributed by atoms with Gasteiger partial charge in [-0.1, -0.05) is 6.92 Å². The predicted octanol–water partition coefficient (Wildman–Crippen LogP) is 2.05. The number of rotatable bonds is 3. The summed E-state index contributed by atoms with van der Waals surface area (Å²) in [5.41, 5.74) is 0. The van der Waals surface area contributed by atoms with Crippen LogP contribution in [-0.4, -0.2) is 16.2 Å². The normalized spacial score (nSPS) is 26.8. The van der Waals surface area contributed by atoms with E-state index in [4.69, 9.17) is 4.42 Å². The van der Waals surface area contributed by atoms with Crippen LogP contribution in [0.25, 0.3) is 0 Å². The first kappa shape index (κ1) is 10.6. The SMILES string of the molecule is Cc1nnc(CNC2CCC(C)CC2)o1. The highest BCUT2D eigenvalue weighted by atomic mass is 16.4. The van der Waals surface area contributed by atoms with Gasteiger partial charge in [0.05, 0.1) is 6.54 Å². The molecular weight excluding hydrogens is 190 g/mol. The molecule has 1 aliphatic rings. The molecule has 0 unspecified atom stereocenters. The van der Waals surface area contributed by atoms with Gasteiger partial charge in [0.1, 0.15) is 0 Å². The van der Waals surface area contributed by atoms with Gasteiger partial charge in [-0.15, -0.1) is 10.2 Å². The maximum atomic E-state index is 5.31. The van der Waals surface area contributed by atoms with E-state index in [1.54, 1.807) is 0 Å². The summed E-state index contributed by atoms with van der Waals surface area (Å²) in [6.07, 6.45) is 5.21. The Morgan fingerprint density at radius 3 is 2.60 bits per heavy atom. The highest BCUT2D eigenvalue weighted by Crippen LogP contribution is 2.23. The lowest BCUT2D eigenvalue weighted by Crippen LogP contribution is -2.32. The Labute approximate surface area is 90.5 Å². The number of hydrogen-bond donors (Lipinski definition) is 1. The zero-order valence-corrected chi connectivity index (χ0v) is 9.49. The van der Waals surface area contributed by atoms with Crippen molar-refractivity contribution in [3.8, 4) is 0 Å². The zero-order chi connectivity index (χ0) is 10.7. The maximum Gasteiger partial charge on any atom is 0.230 e. The van der Waals surface area contributed by atoms with Crippen LogP contribution < -0.4 is 5.32 Å². The third kappa shape index (κ3) is 3.02. The summed E-state index contributed by atoms with van der Waals surface area (Å²) in [5.74, 6) is 2.24. The molecule has 0 atom stereocenters. The molecule has 4 heteroatoms. The first-order valence-electron chi connectivity index (χ1n) is 5.76. The van der Waals surface area contributed by atoms with Gasteiger partial charge in [-0.25, -0.2) is 0 Å². The van der Waals surface area contributed by atoms with Gasteiger partial charge in [0, 0.05) is 13.0 Å². The van der Waals surface area contributed by atoms with Crippen LogP contribution in [0.3, 0.4) is 0 Å². The molecule has 1 aromatic rings. The second kappa shape index (κ2) is 4.75. The molecule has 2 rings (SSSR count).